The van der Waals surface area contributed by atoms with Gasteiger partial charge in [-0.15, -0.1) is 0 Å². The molecule has 0 aliphatic heterocycles. The van der Waals surface area contributed by atoms with Gasteiger partial charge in [-0.25, -0.2) is 4.79 Å². The molecule has 3 aromatic carbocycles. The van der Waals surface area contributed by atoms with Crippen molar-refractivity contribution in [2.45, 2.75) is 20.4 Å². The number of esters is 1. The number of benzene rings is 3. The molecule has 0 aliphatic rings. The summed E-state index contributed by atoms with van der Waals surface area (Å²) in [5.41, 5.74) is 2.03. The molecular weight excluding hydrogens is 452 g/mol. The normalized spacial score (nSPS) is 10.1. The molecule has 0 heterocycles. The highest BCUT2D eigenvalue weighted by Crippen LogP contribution is 2.17. The molecule has 0 spiro atoms. The van der Waals surface area contributed by atoms with Crippen LogP contribution in [0.1, 0.15) is 40.1 Å². The average molecular weight is 476 g/mol. The number of hydrogen-bond acceptors (Lipinski definition) is 7. The fourth-order valence-electron chi connectivity index (χ4n) is 3.03. The van der Waals surface area contributed by atoms with Crippen LogP contribution in [0, 0.1) is 0 Å². The van der Waals surface area contributed by atoms with Gasteiger partial charge in [0.1, 0.15) is 11.5 Å². The Labute approximate surface area is 202 Å². The van der Waals surface area contributed by atoms with Crippen molar-refractivity contribution in [3.63, 3.8) is 0 Å². The molecule has 0 unspecified atom stereocenters. The lowest BCUT2D eigenvalue weighted by Crippen LogP contribution is -2.23. The summed E-state index contributed by atoms with van der Waals surface area (Å²) in [5.74, 6) is -0.608. The van der Waals surface area contributed by atoms with Crippen LogP contribution in [0.3, 0.4) is 0 Å². The fourth-order valence-corrected chi connectivity index (χ4v) is 3.03. The van der Waals surface area contributed by atoms with Crippen LogP contribution in [0.4, 0.5) is 10.5 Å². The first-order chi connectivity index (χ1) is 16.8. The van der Waals surface area contributed by atoms with Crippen LogP contribution in [0.5, 0.6) is 11.5 Å². The van der Waals surface area contributed by atoms with E-state index in [1.54, 1.807) is 43.3 Å². The lowest BCUT2D eigenvalue weighted by molar-refractivity contribution is -0.131. The van der Waals surface area contributed by atoms with E-state index < -0.39 is 12.1 Å². The van der Waals surface area contributed by atoms with Crippen LogP contribution in [-0.2, 0) is 16.1 Å². The summed E-state index contributed by atoms with van der Waals surface area (Å²) in [5, 5.41) is 5.59. The van der Waals surface area contributed by atoms with Gasteiger partial charge in [0.15, 0.2) is 0 Å². The quantitative estimate of drug-likeness (QED) is 0.282. The molecule has 35 heavy (non-hydrogen) atoms. The number of nitrogens with one attached hydrogen (secondary N) is 2. The zero-order valence-electron chi connectivity index (χ0n) is 19.2. The average Bonchev–Trinajstić information content (AvgIpc) is 2.83. The number of hydrogen-bond donors (Lipinski definition) is 2. The van der Waals surface area contributed by atoms with E-state index in [1.165, 1.54) is 37.3 Å². The Morgan fingerprint density at radius 1 is 0.771 bits per heavy atom. The maximum absolute atomic E-state index is 12.6. The van der Waals surface area contributed by atoms with E-state index >= 15 is 0 Å². The predicted octanol–water partition coefficient (Wildman–Crippen LogP) is 4.33. The highest BCUT2D eigenvalue weighted by Gasteiger charge is 2.11. The summed E-state index contributed by atoms with van der Waals surface area (Å²) in [6, 6.07) is 19.4. The van der Waals surface area contributed by atoms with Crippen molar-refractivity contribution < 1.29 is 33.4 Å². The molecule has 2 amide bonds. The highest BCUT2D eigenvalue weighted by atomic mass is 16.7. The van der Waals surface area contributed by atoms with Gasteiger partial charge in [-0.2, -0.15) is 0 Å². The van der Waals surface area contributed by atoms with Crippen molar-refractivity contribution in [2.24, 2.45) is 0 Å². The van der Waals surface area contributed by atoms with Crippen LogP contribution >= 0.6 is 0 Å². The van der Waals surface area contributed by atoms with Gasteiger partial charge in [0.2, 0.25) is 0 Å². The number of ether oxygens (including phenoxy) is 3. The monoisotopic (exact) mass is 476 g/mol. The fraction of sp³-hybridized carbons (Fsp3) is 0.154. The van der Waals surface area contributed by atoms with Crippen LogP contribution in [-0.4, -0.2) is 30.5 Å². The Kier molecular flexibility index (Phi) is 8.55. The Hall–Kier alpha value is -4.66. The minimum absolute atomic E-state index is 0.200. The third kappa shape index (κ3) is 7.71. The number of carbonyl (C=O) groups is 4. The lowest BCUT2D eigenvalue weighted by atomic mass is 10.1. The van der Waals surface area contributed by atoms with Gasteiger partial charge in [0, 0.05) is 30.3 Å². The van der Waals surface area contributed by atoms with Crippen molar-refractivity contribution in [1.29, 1.82) is 0 Å². The summed E-state index contributed by atoms with van der Waals surface area (Å²) in [6.07, 6.45) is -0.814. The minimum Gasteiger partial charge on any atom is -0.434 e. The smallest absolute Gasteiger partial charge is 0.434 e. The van der Waals surface area contributed by atoms with Gasteiger partial charge in [0.25, 0.3) is 11.8 Å². The van der Waals surface area contributed by atoms with E-state index in [0.717, 1.165) is 5.56 Å². The number of rotatable bonds is 8. The van der Waals surface area contributed by atoms with E-state index in [9.17, 15) is 19.2 Å². The third-order valence-corrected chi connectivity index (χ3v) is 4.58. The predicted molar refractivity (Wildman–Crippen MR) is 127 cm³/mol. The molecule has 180 valence electrons. The maximum atomic E-state index is 12.6. The maximum Gasteiger partial charge on any atom is 0.513 e. The molecule has 3 aromatic rings. The van der Waals surface area contributed by atoms with Crippen LogP contribution in [0.25, 0.3) is 0 Å². The third-order valence-electron chi connectivity index (χ3n) is 4.58. The van der Waals surface area contributed by atoms with Gasteiger partial charge in [-0.05, 0) is 67.1 Å². The van der Waals surface area contributed by atoms with Crippen molar-refractivity contribution in [1.82, 2.24) is 5.32 Å². The van der Waals surface area contributed by atoms with Gasteiger partial charge in [0.05, 0.1) is 6.61 Å². The van der Waals surface area contributed by atoms with E-state index in [0.29, 0.717) is 16.8 Å². The summed E-state index contributed by atoms with van der Waals surface area (Å²) >= 11 is 0. The lowest BCUT2D eigenvalue weighted by Gasteiger charge is -2.10. The second kappa shape index (κ2) is 12.0. The second-order valence-corrected chi connectivity index (χ2v) is 7.27. The van der Waals surface area contributed by atoms with Crippen LogP contribution in [0.2, 0.25) is 0 Å². The molecule has 2 N–H and O–H groups in total. The molecule has 0 saturated heterocycles. The largest absolute Gasteiger partial charge is 0.513 e. The van der Waals surface area contributed by atoms with Crippen molar-refractivity contribution >= 4 is 29.6 Å². The topological polar surface area (TPSA) is 120 Å². The van der Waals surface area contributed by atoms with Gasteiger partial charge >= 0.3 is 12.1 Å². The van der Waals surface area contributed by atoms with Gasteiger partial charge < -0.3 is 24.8 Å². The minimum atomic E-state index is -0.814. The number of amides is 2. The first kappa shape index (κ1) is 25.0. The van der Waals surface area contributed by atoms with E-state index in [4.69, 9.17) is 14.2 Å². The molecule has 0 aromatic heterocycles. The summed E-state index contributed by atoms with van der Waals surface area (Å²) in [4.78, 5) is 47.5. The van der Waals surface area contributed by atoms with Crippen molar-refractivity contribution in [3.05, 3.63) is 89.5 Å². The molecule has 0 atom stereocenters. The van der Waals surface area contributed by atoms with Crippen LogP contribution < -0.4 is 20.1 Å². The van der Waals surface area contributed by atoms with Crippen molar-refractivity contribution in [3.8, 4) is 11.5 Å². The number of carbonyl (C=O) groups excluding carboxylic acids is 4. The Balaban J connectivity index is 1.57. The molecule has 0 bridgehead atoms. The molecule has 0 fully saturated rings. The zero-order chi connectivity index (χ0) is 25.2. The molecule has 3 rings (SSSR count). The Bertz CT molecular complexity index is 1220. The Morgan fingerprint density at radius 3 is 2.23 bits per heavy atom. The highest BCUT2D eigenvalue weighted by molar-refractivity contribution is 6.04. The van der Waals surface area contributed by atoms with E-state index in [-0.39, 0.29) is 36.5 Å². The SMILES string of the molecule is CCOC(=O)Oc1ccc(C(=O)Nc2cccc(CNC(=O)c3cccc(OC(C)=O)c3)c2)cc1. The summed E-state index contributed by atoms with van der Waals surface area (Å²) < 4.78 is 14.7. The summed E-state index contributed by atoms with van der Waals surface area (Å²) in [6.45, 7) is 3.38. The first-order valence-electron chi connectivity index (χ1n) is 10.8. The van der Waals surface area contributed by atoms with Crippen LogP contribution in [0.15, 0.2) is 72.8 Å². The van der Waals surface area contributed by atoms with Crippen molar-refractivity contribution in [2.75, 3.05) is 11.9 Å². The molecule has 0 saturated carbocycles. The molecule has 0 aliphatic carbocycles. The Morgan fingerprint density at radius 2 is 1.51 bits per heavy atom. The molecule has 9 heteroatoms. The van der Waals surface area contributed by atoms with Gasteiger partial charge in [-0.3, -0.25) is 14.4 Å². The van der Waals surface area contributed by atoms with Gasteiger partial charge in [-0.1, -0.05) is 18.2 Å². The molecule has 0 radical (unpaired) electrons. The molecule has 9 nitrogen and oxygen atoms in total. The van der Waals surface area contributed by atoms with E-state index in [1.807, 2.05) is 6.07 Å². The zero-order valence-corrected chi connectivity index (χ0v) is 19.2. The molecular formula is C26H24N2O7. The van der Waals surface area contributed by atoms with E-state index in [2.05, 4.69) is 10.6 Å². The second-order valence-electron chi connectivity index (χ2n) is 7.27. The summed E-state index contributed by atoms with van der Waals surface area (Å²) in [7, 11) is 0. The number of anilines is 1. The standard InChI is InChI=1S/C26H24N2O7/c1-3-33-26(32)35-22-12-10-19(11-13-22)25(31)28-21-8-4-6-18(14-21)16-27-24(30)20-7-5-9-23(15-20)34-17(2)29/h4-15H,3,16H2,1-2H3,(H,27,30)(H,28,31). The first-order valence-corrected chi connectivity index (χ1v) is 10.8.